The van der Waals surface area contributed by atoms with Crippen molar-refractivity contribution in [3.63, 3.8) is 0 Å². The molecule has 6 aliphatic rings. The number of allylic oxidation sites excluding steroid dienone is 12. The van der Waals surface area contributed by atoms with E-state index in [1.54, 1.807) is 0 Å². The molecule has 2 fully saturated rings. The maximum atomic E-state index is 14.4. The number of nitrogens with one attached hydrogen (secondary N) is 1. The van der Waals surface area contributed by atoms with Gasteiger partial charge in [0.2, 0.25) is 0 Å². The zero-order chi connectivity index (χ0) is 46.4. The topological polar surface area (TPSA) is 139 Å². The third kappa shape index (κ3) is 10.5. The molecule has 1 saturated heterocycles. The first-order valence-electron chi connectivity index (χ1n) is 23.9. The molecule has 2 N–H and O–H groups in total. The quantitative estimate of drug-likeness (QED) is 0.0570. The van der Waals surface area contributed by atoms with Gasteiger partial charge in [0.15, 0.2) is 5.78 Å². The molecule has 5 aliphatic heterocycles. The lowest BCUT2D eigenvalue weighted by molar-refractivity contribution is -0.146. The van der Waals surface area contributed by atoms with Gasteiger partial charge < -0.3 is 19.9 Å². The number of fused-ring (bicyclic) bond motifs is 5. The van der Waals surface area contributed by atoms with Crippen molar-refractivity contribution in [2.24, 2.45) is 50.5 Å². The molecule has 10 heteroatoms. The summed E-state index contributed by atoms with van der Waals surface area (Å²) in [5.41, 5.74) is 11.5. The lowest BCUT2D eigenvalue weighted by Crippen LogP contribution is -2.26. The third-order valence-electron chi connectivity index (χ3n) is 14.2. The van der Waals surface area contributed by atoms with Crippen LogP contribution in [0.2, 0.25) is 0 Å². The van der Waals surface area contributed by atoms with Crippen molar-refractivity contribution >= 4 is 34.9 Å². The van der Waals surface area contributed by atoms with Gasteiger partial charge in [-0.25, -0.2) is 15.0 Å². The normalized spacial score (nSPS) is 23.4. The fraction of sp³-hybridized carbons (Fsp3) is 0.556. The average molecular weight is 873 g/mol. The Bertz CT molecular complexity index is 2300. The van der Waals surface area contributed by atoms with Crippen LogP contribution in [0.15, 0.2) is 119 Å². The van der Waals surface area contributed by atoms with Crippen LogP contribution in [0.3, 0.4) is 0 Å². The fourth-order valence-electron chi connectivity index (χ4n) is 10.1. The van der Waals surface area contributed by atoms with Crippen LogP contribution >= 0.6 is 0 Å². The molecule has 64 heavy (non-hydrogen) atoms. The molecule has 0 amide bonds. The lowest BCUT2D eigenvalue weighted by Gasteiger charge is -2.19. The Morgan fingerprint density at radius 1 is 0.859 bits per heavy atom. The number of nitrogens with zero attached hydrogens (tertiary/aromatic N) is 3. The van der Waals surface area contributed by atoms with Crippen LogP contribution in [0.5, 0.6) is 0 Å². The summed E-state index contributed by atoms with van der Waals surface area (Å²) in [5.74, 6) is -0.697. The molecule has 6 rings (SSSR count). The number of carbonyl (C=O) groups is 3. The van der Waals surface area contributed by atoms with E-state index in [0.29, 0.717) is 63.1 Å². The predicted octanol–water partition coefficient (Wildman–Crippen LogP) is 12.0. The number of methoxy groups -OCH3 is 1. The Hall–Kier alpha value is -5.12. The summed E-state index contributed by atoms with van der Waals surface area (Å²) in [7, 11) is 1.29. The van der Waals surface area contributed by atoms with Crippen LogP contribution in [-0.2, 0) is 23.9 Å². The Morgan fingerprint density at radius 3 is 2.17 bits per heavy atom. The van der Waals surface area contributed by atoms with Crippen LogP contribution in [0.4, 0.5) is 0 Å². The number of aliphatic hydroxyl groups excluding tert-OH is 1. The molecule has 0 aromatic heterocycles. The molecule has 0 aromatic carbocycles. The zero-order valence-electron chi connectivity index (χ0n) is 40.4. The van der Waals surface area contributed by atoms with Crippen molar-refractivity contribution in [1.82, 2.24) is 5.32 Å². The number of esters is 2. The van der Waals surface area contributed by atoms with Gasteiger partial charge in [0.25, 0.3) is 0 Å². The first kappa shape index (κ1) is 48.3. The van der Waals surface area contributed by atoms with Crippen LogP contribution in [0, 0.1) is 35.5 Å². The van der Waals surface area contributed by atoms with Crippen molar-refractivity contribution < 1.29 is 29.0 Å². The first-order valence-corrected chi connectivity index (χ1v) is 23.9. The molecule has 0 aromatic rings. The fourth-order valence-corrected chi connectivity index (χ4v) is 10.1. The summed E-state index contributed by atoms with van der Waals surface area (Å²) in [4.78, 5) is 56.4. The second-order valence-electron chi connectivity index (χ2n) is 19.4. The number of ether oxygens (including phenoxy) is 2. The van der Waals surface area contributed by atoms with E-state index in [1.165, 1.54) is 57.6 Å². The van der Waals surface area contributed by atoms with E-state index < -0.39 is 11.9 Å². The molecule has 1 saturated carbocycles. The molecule has 0 spiro atoms. The number of ketones is 1. The predicted molar refractivity (Wildman–Crippen MR) is 258 cm³/mol. The zero-order valence-corrected chi connectivity index (χ0v) is 40.4. The van der Waals surface area contributed by atoms with Crippen molar-refractivity contribution in [3.8, 4) is 0 Å². The summed E-state index contributed by atoms with van der Waals surface area (Å²) >= 11 is 0. The molecule has 0 unspecified atom stereocenters. The monoisotopic (exact) mass is 873 g/mol. The second kappa shape index (κ2) is 21.2. The van der Waals surface area contributed by atoms with Gasteiger partial charge in [0.05, 0.1) is 47.6 Å². The van der Waals surface area contributed by atoms with Gasteiger partial charge in [0, 0.05) is 46.4 Å². The molecule has 0 radical (unpaired) electrons. The third-order valence-corrected chi connectivity index (χ3v) is 14.2. The highest BCUT2D eigenvalue weighted by Gasteiger charge is 2.52. The van der Waals surface area contributed by atoms with Gasteiger partial charge >= 0.3 is 11.9 Å². The Labute approximate surface area is 382 Å². The molecule has 5 heterocycles. The first-order chi connectivity index (χ1) is 30.6. The second-order valence-corrected chi connectivity index (χ2v) is 19.4. The summed E-state index contributed by atoms with van der Waals surface area (Å²) in [6.07, 6.45) is 21.4. The highest BCUT2D eigenvalue weighted by atomic mass is 16.5. The van der Waals surface area contributed by atoms with E-state index in [1.807, 2.05) is 45.1 Å². The number of Topliss-reactive ketones (excluding diaryl/α,β-unsaturated/α-hetero) is 1. The molecule has 1 aliphatic carbocycles. The van der Waals surface area contributed by atoms with E-state index in [2.05, 4.69) is 53.8 Å². The maximum absolute atomic E-state index is 14.4. The Balaban J connectivity index is 1.20. The highest BCUT2D eigenvalue weighted by molar-refractivity contribution is 6.42. The molecule has 5 atom stereocenters. The van der Waals surface area contributed by atoms with Crippen LogP contribution in [0.1, 0.15) is 146 Å². The van der Waals surface area contributed by atoms with E-state index in [-0.39, 0.29) is 36.6 Å². The van der Waals surface area contributed by atoms with E-state index in [9.17, 15) is 19.5 Å². The van der Waals surface area contributed by atoms with E-state index >= 15 is 0 Å². The van der Waals surface area contributed by atoms with Gasteiger partial charge in [-0.1, -0.05) is 92.1 Å². The minimum absolute atomic E-state index is 0.137. The van der Waals surface area contributed by atoms with E-state index in [0.717, 1.165) is 71.2 Å². The number of aliphatic hydroxyl groups is 1. The summed E-state index contributed by atoms with van der Waals surface area (Å²) < 4.78 is 11.0. The van der Waals surface area contributed by atoms with Crippen molar-refractivity contribution in [1.29, 1.82) is 0 Å². The van der Waals surface area contributed by atoms with Gasteiger partial charge in [0.1, 0.15) is 12.5 Å². The maximum Gasteiger partial charge on any atom is 0.321 e. The lowest BCUT2D eigenvalue weighted by atomic mass is 9.85. The van der Waals surface area contributed by atoms with Gasteiger partial charge in [-0.15, -0.1) is 0 Å². The molecule has 344 valence electrons. The molecule has 8 bridgehead atoms. The smallest absolute Gasteiger partial charge is 0.321 e. The summed E-state index contributed by atoms with van der Waals surface area (Å²) in [6.45, 7) is 21.7. The number of rotatable bonds is 19. The average Bonchev–Trinajstić information content (AvgIpc) is 3.99. The minimum Gasteiger partial charge on any atom is -0.515 e. The van der Waals surface area contributed by atoms with Gasteiger partial charge in [-0.05, 0) is 118 Å². The largest absolute Gasteiger partial charge is 0.515 e. The molecular weight excluding hydrogens is 801 g/mol. The van der Waals surface area contributed by atoms with Crippen LogP contribution in [-0.4, -0.2) is 53.7 Å². The molecular formula is C54H72N4O6. The summed E-state index contributed by atoms with van der Waals surface area (Å²) in [6, 6.07) is 0. The number of hydrogen-bond acceptors (Lipinski definition) is 10. The number of aliphatic imine (C=N–C) groups is 3. The highest BCUT2D eigenvalue weighted by Crippen LogP contribution is 2.47. The minimum atomic E-state index is -1.21. The number of carbonyl (C=O) groups excluding carboxylic acids is 3. The Kier molecular flexibility index (Phi) is 16.0. The van der Waals surface area contributed by atoms with Gasteiger partial charge in [-0.3, -0.25) is 14.4 Å². The number of hydrogen-bond donors (Lipinski definition) is 2. The summed E-state index contributed by atoms with van der Waals surface area (Å²) in [5, 5.41) is 14.0. The van der Waals surface area contributed by atoms with Gasteiger partial charge in [-0.2, -0.15) is 0 Å². The molecule has 10 nitrogen and oxygen atoms in total. The van der Waals surface area contributed by atoms with Crippen LogP contribution < -0.4 is 5.32 Å². The van der Waals surface area contributed by atoms with Crippen LogP contribution in [0.25, 0.3) is 0 Å². The van der Waals surface area contributed by atoms with E-state index in [4.69, 9.17) is 24.5 Å². The van der Waals surface area contributed by atoms with Crippen molar-refractivity contribution in [3.05, 3.63) is 104 Å². The Morgan fingerprint density at radius 2 is 1.52 bits per heavy atom. The van der Waals surface area contributed by atoms with Crippen molar-refractivity contribution in [2.45, 2.75) is 146 Å². The standard InChI is InChI=1S/C54H72N4O6/c1-12-38-34(7)42-27-46-40(29-59)36(9)41(56-46)26-43-35(8)39(51(57-43)49-50(54(62)63-11)53(61)48-37(10)44(58-52(48)49)28-45(38)55-42)22-23-47(60)64-25-24-33(6)21-15-20-32(5)19-14-18-31(4)17-13-16-30(2)3/h24,26-32,35,39,50,57,59H,12-23,25H2,1-11H3/b33-24+,40-29?,42-27?,43-26?,44-28?,51-49?/t31-,32-,35+,39+,50-/m1/s1. The SMILES string of the molecule is CCC1=C(C)C2=CC3=NC(=C(C)C3=CO)C=C3NC(=C4C5=NC(=CC1=N2)C(C)=C5C(=O)[C@@H]4C(=O)OC)[C@@H](CCC(=O)OC/C=C(\C)CCC[C@H](C)CCC[C@H](C)CCCC(C)C)[C@@H]3C. The van der Waals surface area contributed by atoms with Crippen molar-refractivity contribution in [2.75, 3.05) is 13.7 Å².